The van der Waals surface area contributed by atoms with Gasteiger partial charge in [0.2, 0.25) is 5.91 Å². The van der Waals surface area contributed by atoms with Gasteiger partial charge in [-0.05, 0) is 12.1 Å². The van der Waals surface area contributed by atoms with Crippen LogP contribution < -0.4 is 5.32 Å². The molecule has 3 rings (SSSR count). The molecule has 20 heavy (non-hydrogen) atoms. The van der Waals surface area contributed by atoms with Gasteiger partial charge in [0.25, 0.3) is 0 Å². The van der Waals surface area contributed by atoms with Crippen LogP contribution in [0.1, 0.15) is 11.1 Å². The normalized spacial score (nSPS) is 22.8. The third-order valence-electron chi connectivity index (χ3n) is 3.76. The highest BCUT2D eigenvalue weighted by Gasteiger charge is 2.34. The summed E-state index contributed by atoms with van der Waals surface area (Å²) < 4.78 is 2.05. The Morgan fingerprint density at radius 2 is 2.25 bits per heavy atom. The van der Waals surface area contributed by atoms with Crippen molar-refractivity contribution in [2.75, 3.05) is 31.9 Å². The summed E-state index contributed by atoms with van der Waals surface area (Å²) in [5, 5.41) is 2.84. The molecule has 3 heterocycles. The second-order valence-corrected chi connectivity index (χ2v) is 6.08. The van der Waals surface area contributed by atoms with E-state index in [-0.39, 0.29) is 17.3 Å². The Balaban J connectivity index is 1.68. The van der Waals surface area contributed by atoms with Gasteiger partial charge in [0.1, 0.15) is 5.37 Å². The van der Waals surface area contributed by atoms with E-state index in [1.165, 1.54) is 0 Å². The minimum Gasteiger partial charge on any atom is -0.352 e. The van der Waals surface area contributed by atoms with Gasteiger partial charge in [-0.2, -0.15) is 0 Å². The fourth-order valence-electron chi connectivity index (χ4n) is 2.62. The van der Waals surface area contributed by atoms with Crippen LogP contribution in [0.25, 0.3) is 0 Å². The maximum absolute atomic E-state index is 12.1. The smallest absolute Gasteiger partial charge is 0.317 e. The van der Waals surface area contributed by atoms with Crippen molar-refractivity contribution in [2.45, 2.75) is 5.37 Å². The first kappa shape index (κ1) is 13.4. The first-order chi connectivity index (χ1) is 9.66. The lowest BCUT2D eigenvalue weighted by Crippen LogP contribution is -2.39. The van der Waals surface area contributed by atoms with Gasteiger partial charge in [-0.15, -0.1) is 11.8 Å². The molecule has 6 nitrogen and oxygen atoms in total. The lowest BCUT2D eigenvalue weighted by atomic mass is 10.3. The average molecular weight is 294 g/mol. The number of amides is 3. The van der Waals surface area contributed by atoms with Gasteiger partial charge in [-0.3, -0.25) is 4.79 Å². The van der Waals surface area contributed by atoms with Crippen molar-refractivity contribution in [1.82, 2.24) is 19.7 Å². The third kappa shape index (κ3) is 2.37. The Kier molecular flexibility index (Phi) is 3.60. The predicted octanol–water partition coefficient (Wildman–Crippen LogP) is 0.624. The molecule has 108 valence electrons. The van der Waals surface area contributed by atoms with Crippen LogP contribution in [0, 0.1) is 0 Å². The van der Waals surface area contributed by atoms with E-state index in [4.69, 9.17) is 0 Å². The molecule has 0 saturated carbocycles. The van der Waals surface area contributed by atoms with Crippen molar-refractivity contribution in [2.24, 2.45) is 7.05 Å². The summed E-state index contributed by atoms with van der Waals surface area (Å²) in [6, 6.07) is 4.01. The molecule has 1 unspecified atom stereocenters. The fraction of sp³-hybridized carbons (Fsp3) is 0.538. The first-order valence-corrected chi connectivity index (χ1v) is 7.77. The molecule has 2 fully saturated rings. The maximum atomic E-state index is 12.1. The summed E-state index contributed by atoms with van der Waals surface area (Å²) in [5.41, 5.74) is 1.13. The number of hydrogen-bond acceptors (Lipinski definition) is 3. The number of nitrogens with zero attached hydrogens (tertiary/aromatic N) is 3. The number of aryl methyl sites for hydroxylation is 1. The van der Waals surface area contributed by atoms with Gasteiger partial charge in [0.05, 0.1) is 11.4 Å². The van der Waals surface area contributed by atoms with Crippen LogP contribution in [0.15, 0.2) is 18.3 Å². The molecule has 2 aliphatic heterocycles. The number of urea groups is 1. The lowest BCUT2D eigenvalue weighted by Gasteiger charge is -2.26. The van der Waals surface area contributed by atoms with Crippen molar-refractivity contribution in [3.05, 3.63) is 24.0 Å². The predicted molar refractivity (Wildman–Crippen MR) is 77.3 cm³/mol. The van der Waals surface area contributed by atoms with E-state index in [9.17, 15) is 9.59 Å². The monoisotopic (exact) mass is 294 g/mol. The quantitative estimate of drug-likeness (QED) is 0.886. The van der Waals surface area contributed by atoms with E-state index < -0.39 is 0 Å². The van der Waals surface area contributed by atoms with E-state index in [1.807, 2.05) is 34.8 Å². The molecule has 2 aliphatic rings. The summed E-state index contributed by atoms with van der Waals surface area (Å²) in [6.45, 7) is 2.61. The van der Waals surface area contributed by atoms with Gasteiger partial charge >= 0.3 is 6.03 Å². The third-order valence-corrected chi connectivity index (χ3v) is 4.99. The lowest BCUT2D eigenvalue weighted by molar-refractivity contribution is -0.128. The Hall–Kier alpha value is -1.63. The number of rotatable bonds is 4. The Morgan fingerprint density at radius 1 is 1.40 bits per heavy atom. The van der Waals surface area contributed by atoms with Crippen molar-refractivity contribution in [3.8, 4) is 0 Å². The summed E-state index contributed by atoms with van der Waals surface area (Å²) in [7, 11) is 1.99. The number of hydrogen-bond donors (Lipinski definition) is 1. The van der Waals surface area contributed by atoms with Crippen molar-refractivity contribution < 1.29 is 9.59 Å². The zero-order chi connectivity index (χ0) is 14.1. The number of carbonyl (C=O) groups excluding carboxylic acids is 2. The summed E-state index contributed by atoms with van der Waals surface area (Å²) >= 11 is 1.65. The van der Waals surface area contributed by atoms with E-state index in [1.54, 1.807) is 16.7 Å². The highest BCUT2D eigenvalue weighted by Crippen LogP contribution is 2.38. The molecule has 7 heteroatoms. The van der Waals surface area contributed by atoms with Gasteiger partial charge in [0.15, 0.2) is 0 Å². The minimum absolute atomic E-state index is 0.0280. The van der Waals surface area contributed by atoms with E-state index in [2.05, 4.69) is 5.32 Å². The molecule has 1 aromatic heterocycles. The molecule has 3 amide bonds. The Morgan fingerprint density at radius 3 is 2.90 bits per heavy atom. The standard InChI is InChI=1S/C13H18N4O2S/c1-15-5-2-3-10(15)12-17(11(18)9-20-12)8-7-16-6-4-14-13(16)19/h2-3,5,12H,4,6-9H2,1H3,(H,14,19). The number of aromatic nitrogens is 1. The Labute approximate surface area is 122 Å². The van der Waals surface area contributed by atoms with Crippen molar-refractivity contribution in [1.29, 1.82) is 0 Å². The van der Waals surface area contributed by atoms with Gasteiger partial charge < -0.3 is 19.7 Å². The Bertz CT molecular complexity index is 530. The SMILES string of the molecule is Cn1cccc1C1SCC(=O)N1CCN1CCNC1=O. The topological polar surface area (TPSA) is 57.6 Å². The molecule has 0 radical (unpaired) electrons. The number of carbonyl (C=O) groups is 2. The molecule has 2 saturated heterocycles. The molecule has 1 N–H and O–H groups in total. The van der Waals surface area contributed by atoms with Crippen LogP contribution >= 0.6 is 11.8 Å². The molecule has 0 spiro atoms. The van der Waals surface area contributed by atoms with Crippen molar-refractivity contribution in [3.63, 3.8) is 0 Å². The fourth-order valence-corrected chi connectivity index (χ4v) is 3.91. The number of thioether (sulfide) groups is 1. The van der Waals surface area contributed by atoms with E-state index in [0.29, 0.717) is 25.4 Å². The van der Waals surface area contributed by atoms with Crippen LogP contribution in [-0.4, -0.2) is 58.2 Å². The zero-order valence-electron chi connectivity index (χ0n) is 11.4. The second-order valence-electron chi connectivity index (χ2n) is 5.01. The minimum atomic E-state index is -0.0280. The van der Waals surface area contributed by atoms with Gasteiger partial charge in [-0.1, -0.05) is 0 Å². The van der Waals surface area contributed by atoms with Gasteiger partial charge in [0, 0.05) is 39.4 Å². The van der Waals surface area contributed by atoms with Crippen LogP contribution in [0.4, 0.5) is 4.79 Å². The number of nitrogens with one attached hydrogen (secondary N) is 1. The molecule has 1 aromatic rings. The van der Waals surface area contributed by atoms with Crippen LogP contribution in [0.5, 0.6) is 0 Å². The van der Waals surface area contributed by atoms with E-state index in [0.717, 1.165) is 12.2 Å². The zero-order valence-corrected chi connectivity index (χ0v) is 12.2. The first-order valence-electron chi connectivity index (χ1n) is 6.72. The van der Waals surface area contributed by atoms with Crippen molar-refractivity contribution >= 4 is 23.7 Å². The van der Waals surface area contributed by atoms with Gasteiger partial charge in [-0.25, -0.2) is 4.79 Å². The highest BCUT2D eigenvalue weighted by atomic mass is 32.2. The largest absolute Gasteiger partial charge is 0.352 e. The molecular weight excluding hydrogens is 276 g/mol. The molecule has 1 atom stereocenters. The highest BCUT2D eigenvalue weighted by molar-refractivity contribution is 8.00. The van der Waals surface area contributed by atoms with Crippen LogP contribution in [0.2, 0.25) is 0 Å². The maximum Gasteiger partial charge on any atom is 0.317 e. The second kappa shape index (κ2) is 5.40. The van der Waals surface area contributed by atoms with Crippen LogP contribution in [-0.2, 0) is 11.8 Å². The molecule has 0 aromatic carbocycles. The molecular formula is C13H18N4O2S. The van der Waals surface area contributed by atoms with E-state index >= 15 is 0 Å². The average Bonchev–Trinajstić information content (AvgIpc) is 3.10. The molecule has 0 aliphatic carbocycles. The molecule has 0 bridgehead atoms. The summed E-state index contributed by atoms with van der Waals surface area (Å²) in [6.07, 6.45) is 1.99. The summed E-state index contributed by atoms with van der Waals surface area (Å²) in [5.74, 6) is 0.669. The van der Waals surface area contributed by atoms with Crippen LogP contribution in [0.3, 0.4) is 0 Å². The summed E-state index contributed by atoms with van der Waals surface area (Å²) in [4.78, 5) is 27.2.